The van der Waals surface area contributed by atoms with Gasteiger partial charge in [-0.05, 0) is 30.9 Å². The third-order valence-corrected chi connectivity index (χ3v) is 4.68. The Morgan fingerprint density at radius 1 is 1.35 bits per heavy atom. The minimum atomic E-state index is -0.512. The molecule has 118 valence electrons. The van der Waals surface area contributed by atoms with Crippen LogP contribution < -0.4 is 10.8 Å². The molecule has 1 amide bonds. The molecule has 1 N–H and O–H groups in total. The van der Waals surface area contributed by atoms with Crippen LogP contribution in [-0.2, 0) is 15.9 Å². The topological polar surface area (TPSA) is 47.6 Å². The molecule has 0 unspecified atom stereocenters. The summed E-state index contributed by atoms with van der Waals surface area (Å²) >= 11 is 1.38. The maximum Gasteiger partial charge on any atom is 0.564 e. The van der Waals surface area contributed by atoms with Gasteiger partial charge < -0.3 is 14.6 Å². The molecule has 0 atom stereocenters. The Balaban J connectivity index is 1.63. The fourth-order valence-corrected chi connectivity index (χ4v) is 3.05. The summed E-state index contributed by atoms with van der Waals surface area (Å²) in [7, 11) is -0.496. The second kappa shape index (κ2) is 6.22. The molecule has 0 saturated carbocycles. The molecule has 1 aliphatic rings. The van der Waals surface area contributed by atoms with Crippen molar-refractivity contribution < 1.29 is 14.1 Å². The van der Waals surface area contributed by atoms with E-state index >= 15 is 0 Å². The lowest BCUT2D eigenvalue weighted by atomic mass is 9.81. The van der Waals surface area contributed by atoms with E-state index in [2.05, 4.69) is 11.9 Å². The van der Waals surface area contributed by atoms with Crippen molar-refractivity contribution in [2.24, 2.45) is 0 Å². The number of nitrogens with one attached hydrogen (secondary N) is 1. The molecule has 23 heavy (non-hydrogen) atoms. The Morgan fingerprint density at radius 3 is 2.74 bits per heavy atom. The van der Waals surface area contributed by atoms with E-state index in [1.54, 1.807) is 0 Å². The van der Waals surface area contributed by atoms with Crippen LogP contribution in [-0.4, -0.2) is 18.6 Å². The molecule has 0 aliphatic carbocycles. The van der Waals surface area contributed by atoms with Gasteiger partial charge in [0, 0.05) is 12.0 Å². The predicted molar refractivity (Wildman–Crippen MR) is 92.7 cm³/mol. The molecule has 1 aliphatic heterocycles. The van der Waals surface area contributed by atoms with E-state index in [1.807, 2.05) is 55.6 Å². The summed E-state index contributed by atoms with van der Waals surface area (Å²) in [4.78, 5) is 12.9. The van der Waals surface area contributed by atoms with Crippen LogP contribution in [0.4, 0.5) is 0 Å². The van der Waals surface area contributed by atoms with Crippen molar-refractivity contribution >= 4 is 29.8 Å². The Labute approximate surface area is 140 Å². The van der Waals surface area contributed by atoms with E-state index < -0.39 is 12.7 Å². The summed E-state index contributed by atoms with van der Waals surface area (Å²) < 4.78 is 11.5. The first-order chi connectivity index (χ1) is 11.0. The lowest BCUT2D eigenvalue weighted by Crippen LogP contribution is -2.33. The van der Waals surface area contributed by atoms with Crippen LogP contribution in [0.2, 0.25) is 0 Å². The summed E-state index contributed by atoms with van der Waals surface area (Å²) in [5.74, 6) is 0.505. The molecule has 4 nitrogen and oxygen atoms in total. The number of carbonyl (C=O) groups is 1. The van der Waals surface area contributed by atoms with Crippen molar-refractivity contribution in [1.29, 1.82) is 0 Å². The first kappa shape index (κ1) is 15.8. The first-order valence-electron chi connectivity index (χ1n) is 7.40. The summed E-state index contributed by atoms with van der Waals surface area (Å²) in [5.41, 5.74) is 1.40. The van der Waals surface area contributed by atoms with E-state index in [9.17, 15) is 4.79 Å². The van der Waals surface area contributed by atoms with Gasteiger partial charge in [0.25, 0.3) is 5.91 Å². The second-order valence-electron chi connectivity index (χ2n) is 5.91. The molecule has 2 heterocycles. The zero-order valence-corrected chi connectivity index (χ0v) is 14.0. The van der Waals surface area contributed by atoms with Crippen LogP contribution >= 0.6 is 11.3 Å². The van der Waals surface area contributed by atoms with Gasteiger partial charge in [-0.1, -0.05) is 36.9 Å². The molecule has 1 saturated heterocycles. The molecule has 0 radical (unpaired) electrons. The van der Waals surface area contributed by atoms with Crippen LogP contribution in [0, 0.1) is 0 Å². The predicted octanol–water partition coefficient (Wildman–Crippen LogP) is 2.71. The largest absolute Gasteiger partial charge is 0.564 e. The van der Waals surface area contributed by atoms with Gasteiger partial charge in [0.1, 0.15) is 5.60 Å². The van der Waals surface area contributed by atoms with Crippen molar-refractivity contribution in [1.82, 2.24) is 5.32 Å². The van der Waals surface area contributed by atoms with Gasteiger partial charge in [-0.3, -0.25) is 4.79 Å². The zero-order valence-electron chi connectivity index (χ0n) is 13.2. The summed E-state index contributed by atoms with van der Waals surface area (Å²) in [6.45, 7) is 8.20. The fourth-order valence-electron chi connectivity index (χ4n) is 2.22. The smallest absolute Gasteiger partial charge is 0.534 e. The highest BCUT2D eigenvalue weighted by Crippen LogP contribution is 2.29. The summed E-state index contributed by atoms with van der Waals surface area (Å²) in [6, 6.07) is 11.6. The standard InChI is InChI=1S/C17H18BNO3S/c1-12-17(2,3)22-18(21-12)14-9-15(23-11-14)16(20)19-10-13-7-5-4-6-8-13/h4-9,11H,1,10H2,2-3H3,(H,19,20). The number of carbonyl (C=O) groups excluding carboxylic acids is 1. The molecule has 0 bridgehead atoms. The average Bonchev–Trinajstić information content (AvgIpc) is 3.11. The van der Waals surface area contributed by atoms with Crippen molar-refractivity contribution in [3.8, 4) is 0 Å². The van der Waals surface area contributed by atoms with Gasteiger partial charge >= 0.3 is 7.12 Å². The molecule has 1 fully saturated rings. The molecule has 0 spiro atoms. The molecule has 3 rings (SSSR count). The normalized spacial score (nSPS) is 16.3. The summed E-state index contributed by atoms with van der Waals surface area (Å²) in [5, 5.41) is 4.80. The monoisotopic (exact) mass is 327 g/mol. The Hall–Kier alpha value is -2.05. The van der Waals surface area contributed by atoms with Crippen molar-refractivity contribution in [3.05, 3.63) is 64.6 Å². The fraction of sp³-hybridized carbons (Fsp3) is 0.235. The highest BCUT2D eigenvalue weighted by atomic mass is 32.1. The molecule has 1 aromatic carbocycles. The summed E-state index contributed by atoms with van der Waals surface area (Å²) in [6.07, 6.45) is 0. The van der Waals surface area contributed by atoms with Gasteiger partial charge in [0.2, 0.25) is 0 Å². The minimum absolute atomic E-state index is 0.0961. The molecule has 1 aromatic heterocycles. The first-order valence-corrected chi connectivity index (χ1v) is 8.28. The maximum atomic E-state index is 12.2. The SMILES string of the molecule is C=C1OB(c2csc(C(=O)NCc3ccccc3)c2)OC1(C)C. The van der Waals surface area contributed by atoms with E-state index in [0.29, 0.717) is 17.2 Å². The third kappa shape index (κ3) is 3.49. The highest BCUT2D eigenvalue weighted by Gasteiger charge is 2.43. The van der Waals surface area contributed by atoms with Crippen LogP contribution in [0.25, 0.3) is 0 Å². The van der Waals surface area contributed by atoms with E-state index in [-0.39, 0.29) is 5.91 Å². The number of hydrogen-bond acceptors (Lipinski definition) is 4. The van der Waals surface area contributed by atoms with Gasteiger partial charge in [0.15, 0.2) is 0 Å². The van der Waals surface area contributed by atoms with Gasteiger partial charge in [-0.2, -0.15) is 0 Å². The van der Waals surface area contributed by atoms with Crippen LogP contribution in [0.3, 0.4) is 0 Å². The Bertz CT molecular complexity index is 726. The van der Waals surface area contributed by atoms with Crippen LogP contribution in [0.5, 0.6) is 0 Å². The molecular weight excluding hydrogens is 309 g/mol. The number of rotatable bonds is 4. The quantitative estimate of drug-likeness (QED) is 0.879. The zero-order chi connectivity index (χ0) is 16.4. The van der Waals surface area contributed by atoms with E-state index in [1.165, 1.54) is 11.3 Å². The average molecular weight is 327 g/mol. The lowest BCUT2D eigenvalue weighted by Gasteiger charge is -2.15. The minimum Gasteiger partial charge on any atom is -0.534 e. The highest BCUT2D eigenvalue weighted by molar-refractivity contribution is 7.13. The second-order valence-corrected chi connectivity index (χ2v) is 6.82. The van der Waals surface area contributed by atoms with E-state index in [0.717, 1.165) is 11.0 Å². The number of hydrogen-bond donors (Lipinski definition) is 1. The molecule has 6 heteroatoms. The van der Waals surface area contributed by atoms with Gasteiger partial charge in [-0.25, -0.2) is 0 Å². The van der Waals surface area contributed by atoms with Crippen LogP contribution in [0.15, 0.2) is 54.1 Å². The Kier molecular flexibility index (Phi) is 4.28. The third-order valence-electron chi connectivity index (χ3n) is 3.73. The number of amides is 1. The number of benzene rings is 1. The van der Waals surface area contributed by atoms with Crippen molar-refractivity contribution in [3.63, 3.8) is 0 Å². The van der Waals surface area contributed by atoms with Crippen LogP contribution in [0.1, 0.15) is 29.1 Å². The molecular formula is C17H18BNO3S. The Morgan fingerprint density at radius 2 is 2.09 bits per heavy atom. The van der Waals surface area contributed by atoms with Gasteiger partial charge in [0.05, 0.1) is 10.6 Å². The van der Waals surface area contributed by atoms with Gasteiger partial charge in [-0.15, -0.1) is 11.3 Å². The maximum absolute atomic E-state index is 12.2. The molecule has 2 aromatic rings. The van der Waals surface area contributed by atoms with E-state index in [4.69, 9.17) is 9.31 Å². The van der Waals surface area contributed by atoms with Crippen molar-refractivity contribution in [2.75, 3.05) is 0 Å². The lowest BCUT2D eigenvalue weighted by molar-refractivity contribution is 0.0955. The number of thiophene rings is 1. The van der Waals surface area contributed by atoms with Crippen molar-refractivity contribution in [2.45, 2.75) is 26.0 Å².